The molecule has 0 radical (unpaired) electrons. The molecule has 60 valence electrons. The summed E-state index contributed by atoms with van der Waals surface area (Å²) in [5, 5.41) is 8.58. The summed E-state index contributed by atoms with van der Waals surface area (Å²) in [5.41, 5.74) is 0. The van der Waals surface area contributed by atoms with Gasteiger partial charge in [-0.05, 0) is 13.3 Å². The molecule has 1 aliphatic heterocycles. The Balaban J connectivity index is 2.51. The van der Waals surface area contributed by atoms with Gasteiger partial charge in [0.15, 0.2) is 0 Å². The van der Waals surface area contributed by atoms with E-state index in [0.717, 1.165) is 13.0 Å². The lowest BCUT2D eigenvalue weighted by atomic mass is 9.91. The summed E-state index contributed by atoms with van der Waals surface area (Å²) >= 11 is 0. The first-order valence-corrected chi connectivity index (χ1v) is 3.83. The lowest BCUT2D eigenvalue weighted by Gasteiger charge is -2.41. The van der Waals surface area contributed by atoms with E-state index in [2.05, 4.69) is 6.07 Å². The molecule has 0 aliphatic carbocycles. The molecule has 1 rings (SSSR count). The van der Waals surface area contributed by atoms with E-state index < -0.39 is 0 Å². The van der Waals surface area contributed by atoms with Crippen LogP contribution in [0.25, 0.3) is 0 Å². The standard InChI is InChI=1S/C8H12N2O/c1-6(5-9)8-3-4-10(8)7(2)11/h6,8H,3-4H2,1-2H3. The van der Waals surface area contributed by atoms with Gasteiger partial charge in [0.1, 0.15) is 0 Å². The van der Waals surface area contributed by atoms with Crippen LogP contribution in [-0.2, 0) is 4.79 Å². The molecular formula is C8H12N2O. The van der Waals surface area contributed by atoms with E-state index in [1.54, 1.807) is 11.8 Å². The minimum absolute atomic E-state index is 0.0207. The Labute approximate surface area is 66.6 Å². The van der Waals surface area contributed by atoms with E-state index in [1.165, 1.54) is 0 Å². The van der Waals surface area contributed by atoms with Gasteiger partial charge in [-0.1, -0.05) is 0 Å². The molecule has 1 aliphatic rings. The molecule has 0 N–H and O–H groups in total. The lowest BCUT2D eigenvalue weighted by Crippen LogP contribution is -2.53. The molecule has 0 aromatic carbocycles. The van der Waals surface area contributed by atoms with Crippen LogP contribution < -0.4 is 0 Å². The highest BCUT2D eigenvalue weighted by Crippen LogP contribution is 2.23. The Morgan fingerprint density at radius 1 is 1.82 bits per heavy atom. The van der Waals surface area contributed by atoms with Gasteiger partial charge in [-0.15, -0.1) is 0 Å². The quantitative estimate of drug-likeness (QED) is 0.557. The van der Waals surface area contributed by atoms with Gasteiger partial charge in [-0.25, -0.2) is 0 Å². The highest BCUT2D eigenvalue weighted by Gasteiger charge is 2.33. The van der Waals surface area contributed by atoms with Gasteiger partial charge in [0.2, 0.25) is 5.91 Å². The Bertz CT molecular complexity index is 207. The van der Waals surface area contributed by atoms with Crippen molar-refractivity contribution >= 4 is 5.91 Å². The lowest BCUT2D eigenvalue weighted by molar-refractivity contribution is -0.137. The Hall–Kier alpha value is -1.04. The van der Waals surface area contributed by atoms with Crippen molar-refractivity contribution in [1.29, 1.82) is 5.26 Å². The van der Waals surface area contributed by atoms with Gasteiger partial charge >= 0.3 is 0 Å². The largest absolute Gasteiger partial charge is 0.339 e. The van der Waals surface area contributed by atoms with Gasteiger partial charge in [0, 0.05) is 19.5 Å². The van der Waals surface area contributed by atoms with Crippen molar-refractivity contribution in [1.82, 2.24) is 4.90 Å². The third kappa shape index (κ3) is 1.35. The van der Waals surface area contributed by atoms with Crippen molar-refractivity contribution in [2.75, 3.05) is 6.54 Å². The van der Waals surface area contributed by atoms with E-state index in [-0.39, 0.29) is 17.9 Å². The van der Waals surface area contributed by atoms with Gasteiger partial charge in [0.25, 0.3) is 0 Å². The second-order valence-electron chi connectivity index (χ2n) is 2.99. The Morgan fingerprint density at radius 3 is 2.73 bits per heavy atom. The number of hydrogen-bond donors (Lipinski definition) is 0. The minimum atomic E-state index is -0.0207. The molecule has 0 aromatic heterocycles. The SMILES string of the molecule is CC(=O)N1CCC1C(C)C#N. The first kappa shape index (κ1) is 8.06. The van der Waals surface area contributed by atoms with Gasteiger partial charge in [0.05, 0.1) is 12.0 Å². The zero-order valence-electron chi connectivity index (χ0n) is 6.87. The number of hydrogen-bond acceptors (Lipinski definition) is 2. The highest BCUT2D eigenvalue weighted by molar-refractivity contribution is 5.74. The number of nitrogens with zero attached hydrogens (tertiary/aromatic N) is 2. The number of rotatable bonds is 1. The normalized spacial score (nSPS) is 25.2. The fourth-order valence-corrected chi connectivity index (χ4v) is 1.40. The van der Waals surface area contributed by atoms with E-state index in [9.17, 15) is 4.79 Å². The maximum absolute atomic E-state index is 10.9. The molecule has 0 bridgehead atoms. The van der Waals surface area contributed by atoms with Gasteiger partial charge in [-0.2, -0.15) is 5.26 Å². The van der Waals surface area contributed by atoms with E-state index in [4.69, 9.17) is 5.26 Å². The van der Waals surface area contributed by atoms with E-state index in [0.29, 0.717) is 0 Å². The molecule has 0 spiro atoms. The molecular weight excluding hydrogens is 140 g/mol. The maximum Gasteiger partial charge on any atom is 0.219 e. The summed E-state index contributed by atoms with van der Waals surface area (Å²) in [6.07, 6.45) is 0.980. The van der Waals surface area contributed by atoms with Crippen LogP contribution in [-0.4, -0.2) is 23.4 Å². The van der Waals surface area contributed by atoms with Crippen molar-refractivity contribution in [3.8, 4) is 6.07 Å². The molecule has 2 atom stereocenters. The fourth-order valence-electron chi connectivity index (χ4n) is 1.40. The van der Waals surface area contributed by atoms with Crippen LogP contribution in [0.5, 0.6) is 0 Å². The molecule has 1 heterocycles. The molecule has 1 saturated heterocycles. The summed E-state index contributed by atoms with van der Waals surface area (Å²) in [5.74, 6) is 0.0657. The maximum atomic E-state index is 10.9. The van der Waals surface area contributed by atoms with Crippen LogP contribution >= 0.6 is 0 Å². The monoisotopic (exact) mass is 152 g/mol. The van der Waals surface area contributed by atoms with Crippen molar-refractivity contribution < 1.29 is 4.79 Å². The van der Waals surface area contributed by atoms with Crippen molar-refractivity contribution in [3.63, 3.8) is 0 Å². The van der Waals surface area contributed by atoms with Gasteiger partial charge in [-0.3, -0.25) is 4.79 Å². The average molecular weight is 152 g/mol. The van der Waals surface area contributed by atoms with Crippen molar-refractivity contribution in [2.24, 2.45) is 5.92 Å². The number of carbonyl (C=O) groups excluding carboxylic acids is 1. The van der Waals surface area contributed by atoms with Crippen LogP contribution in [0.3, 0.4) is 0 Å². The molecule has 3 heteroatoms. The number of likely N-dealkylation sites (tertiary alicyclic amines) is 1. The minimum Gasteiger partial charge on any atom is -0.339 e. The molecule has 11 heavy (non-hydrogen) atoms. The van der Waals surface area contributed by atoms with Crippen LogP contribution in [0.2, 0.25) is 0 Å². The Morgan fingerprint density at radius 2 is 2.45 bits per heavy atom. The molecule has 0 aromatic rings. The number of carbonyl (C=O) groups is 1. The molecule has 3 nitrogen and oxygen atoms in total. The summed E-state index contributed by atoms with van der Waals surface area (Å²) in [6.45, 7) is 4.24. The predicted molar refractivity (Wildman–Crippen MR) is 40.6 cm³/mol. The van der Waals surface area contributed by atoms with Crippen molar-refractivity contribution in [2.45, 2.75) is 26.3 Å². The number of nitriles is 1. The van der Waals surface area contributed by atoms with Crippen LogP contribution in [0, 0.1) is 17.2 Å². The number of amides is 1. The van der Waals surface area contributed by atoms with Crippen LogP contribution in [0.4, 0.5) is 0 Å². The average Bonchev–Trinajstić information content (AvgIpc) is 1.83. The summed E-state index contributed by atoms with van der Waals surface area (Å²) < 4.78 is 0. The topological polar surface area (TPSA) is 44.1 Å². The summed E-state index contributed by atoms with van der Waals surface area (Å²) in [4.78, 5) is 12.6. The Kier molecular flexibility index (Phi) is 2.13. The zero-order valence-corrected chi connectivity index (χ0v) is 6.87. The first-order chi connectivity index (χ1) is 5.16. The van der Waals surface area contributed by atoms with Crippen molar-refractivity contribution in [3.05, 3.63) is 0 Å². The second kappa shape index (κ2) is 2.91. The molecule has 0 saturated carbocycles. The van der Waals surface area contributed by atoms with E-state index >= 15 is 0 Å². The van der Waals surface area contributed by atoms with E-state index in [1.807, 2.05) is 6.92 Å². The molecule has 2 unspecified atom stereocenters. The first-order valence-electron chi connectivity index (χ1n) is 3.83. The molecule has 1 amide bonds. The smallest absolute Gasteiger partial charge is 0.219 e. The zero-order chi connectivity index (χ0) is 8.43. The van der Waals surface area contributed by atoms with Crippen LogP contribution in [0.1, 0.15) is 20.3 Å². The fraction of sp³-hybridized carbons (Fsp3) is 0.750. The molecule has 1 fully saturated rings. The summed E-state index contributed by atoms with van der Waals surface area (Å²) in [7, 11) is 0. The van der Waals surface area contributed by atoms with Crippen LogP contribution in [0.15, 0.2) is 0 Å². The summed E-state index contributed by atoms with van der Waals surface area (Å²) in [6, 6.07) is 2.34. The third-order valence-corrected chi connectivity index (χ3v) is 2.25. The van der Waals surface area contributed by atoms with Gasteiger partial charge < -0.3 is 4.90 Å². The highest BCUT2D eigenvalue weighted by atomic mass is 16.2. The predicted octanol–water partition coefficient (Wildman–Crippen LogP) is 0.767. The second-order valence-corrected chi connectivity index (χ2v) is 2.99. The third-order valence-electron chi connectivity index (χ3n) is 2.25.